The summed E-state index contributed by atoms with van der Waals surface area (Å²) in [6.45, 7) is 1.24. The smallest absolute Gasteiger partial charge is 0.306 e. The number of carboxylic acids is 1. The number of halogens is 1. The first kappa shape index (κ1) is 15.0. The first-order valence-electron chi connectivity index (χ1n) is 6.38. The Morgan fingerprint density at radius 3 is 2.74 bits per heavy atom. The van der Waals surface area contributed by atoms with Gasteiger partial charge in [0.05, 0.1) is 11.5 Å². The number of aliphatic hydroxyl groups is 1. The van der Waals surface area contributed by atoms with E-state index in [-0.39, 0.29) is 5.92 Å². The summed E-state index contributed by atoms with van der Waals surface area (Å²) >= 11 is 5.14. The number of carboxylic acid groups (broad SMARTS) is 1. The summed E-state index contributed by atoms with van der Waals surface area (Å²) in [5, 5.41) is 24.6. The highest BCUT2D eigenvalue weighted by molar-refractivity contribution is 9.10. The van der Waals surface area contributed by atoms with Crippen LogP contribution >= 0.6 is 27.3 Å². The number of thiophene rings is 1. The molecule has 0 atom stereocenters. The molecular weight excluding hydrogens is 330 g/mol. The predicted molar refractivity (Wildman–Crippen MR) is 78.3 cm³/mol. The molecule has 1 fully saturated rings. The van der Waals surface area contributed by atoms with Crippen molar-refractivity contribution in [1.29, 1.82) is 0 Å². The van der Waals surface area contributed by atoms with Crippen molar-refractivity contribution in [2.75, 3.05) is 6.54 Å². The molecule has 6 heteroatoms. The van der Waals surface area contributed by atoms with Crippen LogP contribution in [0.3, 0.4) is 0 Å². The Bertz CT molecular complexity index is 441. The quantitative estimate of drug-likeness (QED) is 0.765. The molecule has 0 spiro atoms. The summed E-state index contributed by atoms with van der Waals surface area (Å²) in [5.74, 6) is -1.02. The van der Waals surface area contributed by atoms with Gasteiger partial charge in [-0.15, -0.1) is 11.3 Å². The Balaban J connectivity index is 1.77. The minimum atomic E-state index is -0.754. The first-order chi connectivity index (χ1) is 9.00. The van der Waals surface area contributed by atoms with Gasteiger partial charge >= 0.3 is 5.97 Å². The van der Waals surface area contributed by atoms with Gasteiger partial charge < -0.3 is 15.5 Å². The van der Waals surface area contributed by atoms with Gasteiger partial charge in [0.15, 0.2) is 0 Å². The van der Waals surface area contributed by atoms with Crippen molar-refractivity contribution in [2.45, 2.75) is 37.8 Å². The first-order valence-corrected chi connectivity index (χ1v) is 8.05. The molecule has 106 valence electrons. The van der Waals surface area contributed by atoms with Crippen LogP contribution in [0.2, 0.25) is 0 Å². The molecule has 0 saturated heterocycles. The highest BCUT2D eigenvalue weighted by Crippen LogP contribution is 2.32. The van der Waals surface area contributed by atoms with E-state index in [1.165, 1.54) is 4.88 Å². The van der Waals surface area contributed by atoms with E-state index in [0.29, 0.717) is 32.2 Å². The molecule has 3 N–H and O–H groups in total. The van der Waals surface area contributed by atoms with Gasteiger partial charge in [-0.25, -0.2) is 0 Å². The largest absolute Gasteiger partial charge is 0.481 e. The fourth-order valence-electron chi connectivity index (χ4n) is 2.44. The van der Waals surface area contributed by atoms with E-state index in [4.69, 9.17) is 5.11 Å². The third-order valence-corrected chi connectivity index (χ3v) is 5.62. The van der Waals surface area contributed by atoms with Gasteiger partial charge in [0.25, 0.3) is 0 Å². The van der Waals surface area contributed by atoms with Gasteiger partial charge in [0, 0.05) is 22.4 Å². The van der Waals surface area contributed by atoms with Crippen LogP contribution in [-0.4, -0.2) is 28.3 Å². The fourth-order valence-corrected chi connectivity index (χ4v) is 3.90. The number of rotatable bonds is 5. The van der Waals surface area contributed by atoms with Crippen LogP contribution in [0.5, 0.6) is 0 Å². The number of hydrogen-bond donors (Lipinski definition) is 3. The lowest BCUT2D eigenvalue weighted by atomic mass is 9.79. The van der Waals surface area contributed by atoms with Crippen molar-refractivity contribution >= 4 is 33.2 Å². The maximum Gasteiger partial charge on any atom is 0.306 e. The van der Waals surface area contributed by atoms with Gasteiger partial charge in [-0.3, -0.25) is 4.79 Å². The second-order valence-corrected chi connectivity index (χ2v) is 6.99. The average molecular weight is 348 g/mol. The summed E-state index contributed by atoms with van der Waals surface area (Å²) in [5.41, 5.74) is -0.754. The monoisotopic (exact) mass is 347 g/mol. The SMILES string of the molecule is O=C(O)C1CCC(O)(CNCc2sccc2Br)CC1. The van der Waals surface area contributed by atoms with Crippen LogP contribution in [0, 0.1) is 5.92 Å². The van der Waals surface area contributed by atoms with Gasteiger partial charge in [-0.2, -0.15) is 0 Å². The molecule has 1 aliphatic carbocycles. The molecule has 19 heavy (non-hydrogen) atoms. The molecular formula is C13H18BrNO3S. The van der Waals surface area contributed by atoms with Crippen molar-refractivity contribution in [2.24, 2.45) is 5.92 Å². The van der Waals surface area contributed by atoms with Crippen LogP contribution in [0.15, 0.2) is 15.9 Å². The van der Waals surface area contributed by atoms with E-state index in [1.54, 1.807) is 11.3 Å². The molecule has 0 radical (unpaired) electrons. The number of carbonyl (C=O) groups is 1. The topological polar surface area (TPSA) is 69.6 Å². The summed E-state index contributed by atoms with van der Waals surface area (Å²) in [6.07, 6.45) is 2.25. The summed E-state index contributed by atoms with van der Waals surface area (Å²) in [7, 11) is 0. The Labute approximate surface area is 125 Å². The molecule has 0 bridgehead atoms. The van der Waals surface area contributed by atoms with Gasteiger partial charge in [0.2, 0.25) is 0 Å². The van der Waals surface area contributed by atoms with Crippen LogP contribution in [0.1, 0.15) is 30.6 Å². The summed E-state index contributed by atoms with van der Waals surface area (Å²) in [4.78, 5) is 12.1. The Kier molecular flexibility index (Phi) is 5.00. The second kappa shape index (κ2) is 6.35. The van der Waals surface area contributed by atoms with Gasteiger partial charge in [0.1, 0.15) is 0 Å². The van der Waals surface area contributed by atoms with Crippen LogP contribution in [0.4, 0.5) is 0 Å². The third kappa shape index (κ3) is 4.02. The molecule has 1 heterocycles. The van der Waals surface area contributed by atoms with Gasteiger partial charge in [-0.1, -0.05) is 0 Å². The van der Waals surface area contributed by atoms with Crippen LogP contribution < -0.4 is 5.32 Å². The highest BCUT2D eigenvalue weighted by Gasteiger charge is 2.35. The molecule has 4 nitrogen and oxygen atoms in total. The Hall–Kier alpha value is -0.430. The van der Waals surface area contributed by atoms with E-state index in [2.05, 4.69) is 21.2 Å². The minimum absolute atomic E-state index is 0.285. The van der Waals surface area contributed by atoms with E-state index in [1.807, 2.05) is 11.4 Å². The minimum Gasteiger partial charge on any atom is -0.481 e. The molecule has 1 aromatic heterocycles. The molecule has 0 unspecified atom stereocenters. The van der Waals surface area contributed by atoms with Gasteiger partial charge in [-0.05, 0) is 53.1 Å². The second-order valence-electron chi connectivity index (χ2n) is 5.13. The summed E-state index contributed by atoms with van der Waals surface area (Å²) in [6, 6.07) is 2.01. The maximum absolute atomic E-state index is 10.9. The molecule has 0 aromatic carbocycles. The maximum atomic E-state index is 10.9. The normalized spacial score (nSPS) is 27.4. The van der Waals surface area contributed by atoms with Crippen molar-refractivity contribution in [3.8, 4) is 0 Å². The van der Waals surface area contributed by atoms with Crippen LogP contribution in [-0.2, 0) is 11.3 Å². The number of aliphatic carboxylic acids is 1. The molecule has 1 saturated carbocycles. The molecule has 0 aliphatic heterocycles. The lowest BCUT2D eigenvalue weighted by molar-refractivity contribution is -0.144. The van der Waals surface area contributed by atoms with Crippen molar-refractivity contribution < 1.29 is 15.0 Å². The summed E-state index contributed by atoms with van der Waals surface area (Å²) < 4.78 is 1.09. The predicted octanol–water partition coefficient (Wildman–Crippen LogP) is 2.61. The zero-order valence-corrected chi connectivity index (χ0v) is 13.0. The van der Waals surface area contributed by atoms with E-state index >= 15 is 0 Å². The molecule has 2 rings (SSSR count). The fraction of sp³-hybridized carbons (Fsp3) is 0.615. The Morgan fingerprint density at radius 1 is 1.53 bits per heavy atom. The van der Waals surface area contributed by atoms with E-state index < -0.39 is 11.6 Å². The van der Waals surface area contributed by atoms with E-state index in [9.17, 15) is 9.90 Å². The van der Waals surface area contributed by atoms with Crippen molar-refractivity contribution in [3.05, 3.63) is 20.8 Å². The Morgan fingerprint density at radius 2 is 2.21 bits per heavy atom. The van der Waals surface area contributed by atoms with E-state index in [0.717, 1.165) is 11.0 Å². The highest BCUT2D eigenvalue weighted by atomic mass is 79.9. The zero-order chi connectivity index (χ0) is 13.9. The molecule has 1 aliphatic rings. The lowest BCUT2D eigenvalue weighted by Gasteiger charge is -2.34. The number of hydrogen-bond acceptors (Lipinski definition) is 4. The molecule has 1 aromatic rings. The van der Waals surface area contributed by atoms with Crippen molar-refractivity contribution in [3.63, 3.8) is 0 Å². The van der Waals surface area contributed by atoms with Crippen LogP contribution in [0.25, 0.3) is 0 Å². The standard InChI is InChI=1S/C13H18BrNO3S/c14-10-3-6-19-11(10)7-15-8-13(18)4-1-9(2-5-13)12(16)17/h3,6,9,15,18H,1-2,4-5,7-8H2,(H,16,17). The zero-order valence-electron chi connectivity index (χ0n) is 10.6. The number of nitrogens with one attached hydrogen (secondary N) is 1. The lowest BCUT2D eigenvalue weighted by Crippen LogP contribution is -2.44. The van der Waals surface area contributed by atoms with Crippen molar-refractivity contribution in [1.82, 2.24) is 5.32 Å². The molecule has 0 amide bonds. The average Bonchev–Trinajstić information content (AvgIpc) is 2.75. The third-order valence-electron chi connectivity index (χ3n) is 3.70.